The van der Waals surface area contributed by atoms with Crippen molar-refractivity contribution in [2.75, 3.05) is 0 Å². The smallest absolute Gasteiger partial charge is 0.224 e. The van der Waals surface area contributed by atoms with Gasteiger partial charge in [0.15, 0.2) is 0 Å². The van der Waals surface area contributed by atoms with Crippen LogP contribution in [0.3, 0.4) is 0 Å². The first-order chi connectivity index (χ1) is 3.18. The fraction of sp³-hybridized carbons (Fsp3) is 0.400. The van der Waals surface area contributed by atoms with Crippen LogP contribution in [0.25, 0.3) is 0 Å². The lowest BCUT2D eigenvalue weighted by Crippen LogP contribution is -2.17. The maximum absolute atomic E-state index is 10.1. The number of rotatable bonds is 2. The fourth-order valence-corrected chi connectivity index (χ4v) is 0.116. The Bertz CT molecular complexity index is 88.1. The van der Waals surface area contributed by atoms with Crippen molar-refractivity contribution in [3.8, 4) is 0 Å². The number of hydrogen-bond donors (Lipinski definition) is 1. The van der Waals surface area contributed by atoms with Gasteiger partial charge >= 0.3 is 0 Å². The number of carbonyl (C=O) groups is 1. The first-order valence-electron chi connectivity index (χ1n) is 2.10. The second-order valence-electron chi connectivity index (χ2n) is 1.43. The van der Waals surface area contributed by atoms with Crippen molar-refractivity contribution in [2.45, 2.75) is 6.92 Å². The minimum atomic E-state index is -0.324. The zero-order valence-electron chi connectivity index (χ0n) is 4.35. The van der Waals surface area contributed by atoms with Crippen molar-refractivity contribution in [1.29, 1.82) is 0 Å². The summed E-state index contributed by atoms with van der Waals surface area (Å²) < 4.78 is 0. The third-order valence-electron chi connectivity index (χ3n) is 0.802. The standard InChI is InChI=1S/C5H9NO/c1-3-4(2)5(6)7/h3-4H,1H2,2H3,(H2,6,7). The molecule has 0 saturated carbocycles. The van der Waals surface area contributed by atoms with Gasteiger partial charge in [0.25, 0.3) is 0 Å². The predicted molar refractivity (Wildman–Crippen MR) is 28.6 cm³/mol. The first-order valence-corrected chi connectivity index (χ1v) is 2.10. The van der Waals surface area contributed by atoms with Gasteiger partial charge in [0.1, 0.15) is 0 Å². The highest BCUT2D eigenvalue weighted by atomic mass is 16.1. The Morgan fingerprint density at radius 3 is 2.43 bits per heavy atom. The van der Waals surface area contributed by atoms with Gasteiger partial charge in [-0.3, -0.25) is 4.79 Å². The summed E-state index contributed by atoms with van der Waals surface area (Å²) in [5.41, 5.74) is 4.84. The number of nitrogens with two attached hydrogens (primary N) is 1. The lowest BCUT2D eigenvalue weighted by Gasteiger charge is -1.93. The first kappa shape index (κ1) is 6.21. The molecule has 0 fully saturated rings. The third kappa shape index (κ3) is 1.98. The Hall–Kier alpha value is -0.790. The van der Waals surface area contributed by atoms with Gasteiger partial charge in [-0.25, -0.2) is 0 Å². The molecule has 0 bridgehead atoms. The van der Waals surface area contributed by atoms with Gasteiger partial charge in [0.05, 0.1) is 5.92 Å². The maximum Gasteiger partial charge on any atom is 0.224 e. The molecule has 0 aliphatic rings. The molecule has 0 rings (SSSR count). The van der Waals surface area contributed by atoms with Gasteiger partial charge in [0.2, 0.25) is 5.91 Å². The van der Waals surface area contributed by atoms with E-state index in [1.54, 1.807) is 6.92 Å². The van der Waals surface area contributed by atoms with Gasteiger partial charge in [-0.1, -0.05) is 13.0 Å². The van der Waals surface area contributed by atoms with Crippen molar-refractivity contribution in [1.82, 2.24) is 0 Å². The van der Waals surface area contributed by atoms with Crippen molar-refractivity contribution in [3.05, 3.63) is 12.7 Å². The van der Waals surface area contributed by atoms with Crippen LogP contribution in [0.2, 0.25) is 0 Å². The molecule has 0 saturated heterocycles. The van der Waals surface area contributed by atoms with E-state index in [-0.39, 0.29) is 11.8 Å². The van der Waals surface area contributed by atoms with Crippen molar-refractivity contribution in [2.24, 2.45) is 11.7 Å². The van der Waals surface area contributed by atoms with Crippen LogP contribution < -0.4 is 5.73 Å². The van der Waals surface area contributed by atoms with Gasteiger partial charge in [-0.2, -0.15) is 0 Å². The second kappa shape index (κ2) is 2.39. The molecule has 0 spiro atoms. The molecule has 2 N–H and O–H groups in total. The minimum Gasteiger partial charge on any atom is -0.369 e. The molecule has 0 aromatic carbocycles. The minimum absolute atomic E-state index is 0.194. The molecule has 1 amide bonds. The van der Waals surface area contributed by atoms with Crippen molar-refractivity contribution < 1.29 is 4.79 Å². The second-order valence-corrected chi connectivity index (χ2v) is 1.43. The summed E-state index contributed by atoms with van der Waals surface area (Å²) >= 11 is 0. The van der Waals surface area contributed by atoms with Gasteiger partial charge in [-0.15, -0.1) is 6.58 Å². The topological polar surface area (TPSA) is 43.1 Å². The molecule has 0 aliphatic heterocycles. The van der Waals surface area contributed by atoms with Crippen LogP contribution in [0.1, 0.15) is 6.92 Å². The molecular weight excluding hydrogens is 90.1 g/mol. The van der Waals surface area contributed by atoms with Gasteiger partial charge in [-0.05, 0) is 0 Å². The molecular formula is C5H9NO. The quantitative estimate of drug-likeness (QED) is 0.497. The van der Waals surface area contributed by atoms with E-state index in [1.807, 2.05) is 0 Å². The van der Waals surface area contributed by atoms with E-state index >= 15 is 0 Å². The van der Waals surface area contributed by atoms with E-state index in [2.05, 4.69) is 6.58 Å². The highest BCUT2D eigenvalue weighted by Gasteiger charge is 1.99. The number of carbonyl (C=O) groups excluding carboxylic acids is 1. The largest absolute Gasteiger partial charge is 0.369 e. The number of hydrogen-bond acceptors (Lipinski definition) is 1. The summed E-state index contributed by atoms with van der Waals surface area (Å²) in [6, 6.07) is 0. The zero-order valence-corrected chi connectivity index (χ0v) is 4.35. The Balaban J connectivity index is 3.55. The van der Waals surface area contributed by atoms with Crippen LogP contribution in [0, 0.1) is 5.92 Å². The summed E-state index contributed by atoms with van der Waals surface area (Å²) in [5.74, 6) is -0.519. The summed E-state index contributed by atoms with van der Waals surface area (Å²) in [7, 11) is 0. The average molecular weight is 99.1 g/mol. The molecule has 0 aromatic rings. The van der Waals surface area contributed by atoms with Crippen molar-refractivity contribution >= 4 is 5.91 Å². The monoisotopic (exact) mass is 99.1 g/mol. The Kier molecular flexibility index (Phi) is 2.12. The molecule has 0 aromatic heterocycles. The van der Waals surface area contributed by atoms with Gasteiger partial charge in [0, 0.05) is 0 Å². The Labute approximate surface area is 43.0 Å². The number of primary amides is 1. The van der Waals surface area contributed by atoms with Crippen molar-refractivity contribution in [3.63, 3.8) is 0 Å². The fourth-order valence-electron chi connectivity index (χ4n) is 0.116. The Morgan fingerprint density at radius 2 is 2.43 bits per heavy atom. The molecule has 2 nitrogen and oxygen atoms in total. The highest BCUT2D eigenvalue weighted by molar-refractivity contribution is 5.77. The van der Waals surface area contributed by atoms with E-state index < -0.39 is 0 Å². The predicted octanol–water partition coefficient (Wildman–Crippen LogP) is 0.294. The third-order valence-corrected chi connectivity index (χ3v) is 0.802. The lowest BCUT2D eigenvalue weighted by molar-refractivity contribution is -0.119. The maximum atomic E-state index is 10.1. The summed E-state index contributed by atoms with van der Waals surface area (Å²) in [5, 5.41) is 0. The van der Waals surface area contributed by atoms with E-state index in [1.165, 1.54) is 6.08 Å². The number of amides is 1. The van der Waals surface area contributed by atoms with Crippen LogP contribution in [0.15, 0.2) is 12.7 Å². The SMILES string of the molecule is C=CC(C)C(N)=O. The summed E-state index contributed by atoms with van der Waals surface area (Å²) in [6.07, 6.45) is 1.52. The Morgan fingerprint density at radius 1 is 2.00 bits per heavy atom. The molecule has 0 radical (unpaired) electrons. The van der Waals surface area contributed by atoms with Crippen LogP contribution in [0.5, 0.6) is 0 Å². The molecule has 1 unspecified atom stereocenters. The van der Waals surface area contributed by atoms with E-state index in [0.717, 1.165) is 0 Å². The van der Waals surface area contributed by atoms with Gasteiger partial charge < -0.3 is 5.73 Å². The summed E-state index contributed by atoms with van der Waals surface area (Å²) in [4.78, 5) is 10.1. The lowest BCUT2D eigenvalue weighted by atomic mass is 10.2. The van der Waals surface area contributed by atoms with Crippen LogP contribution in [-0.2, 0) is 4.79 Å². The van der Waals surface area contributed by atoms with Crippen LogP contribution in [0.4, 0.5) is 0 Å². The summed E-state index contributed by atoms with van der Waals surface area (Å²) in [6.45, 7) is 5.08. The molecule has 7 heavy (non-hydrogen) atoms. The molecule has 40 valence electrons. The molecule has 1 atom stereocenters. The molecule has 0 heterocycles. The van der Waals surface area contributed by atoms with E-state index in [9.17, 15) is 4.79 Å². The zero-order chi connectivity index (χ0) is 5.86. The average Bonchev–Trinajstić information content (AvgIpc) is 1.65. The molecule has 0 aliphatic carbocycles. The normalized spacial score (nSPS) is 12.7. The van der Waals surface area contributed by atoms with Crippen LogP contribution >= 0.6 is 0 Å². The highest BCUT2D eigenvalue weighted by Crippen LogP contribution is 1.90. The molecule has 2 heteroatoms. The van der Waals surface area contributed by atoms with E-state index in [4.69, 9.17) is 5.73 Å². The van der Waals surface area contributed by atoms with E-state index in [0.29, 0.717) is 0 Å². The van der Waals surface area contributed by atoms with Crippen LogP contribution in [-0.4, -0.2) is 5.91 Å².